The van der Waals surface area contributed by atoms with Gasteiger partial charge in [0, 0.05) is 5.56 Å². The molecule has 0 heterocycles. The van der Waals surface area contributed by atoms with Crippen molar-refractivity contribution in [3.05, 3.63) is 28.8 Å². The molecule has 0 bridgehead atoms. The molecule has 0 aliphatic heterocycles. The van der Waals surface area contributed by atoms with Gasteiger partial charge in [-0.1, -0.05) is 6.07 Å². The summed E-state index contributed by atoms with van der Waals surface area (Å²) in [6.07, 6.45) is 0.677. The van der Waals surface area contributed by atoms with Gasteiger partial charge in [0.25, 0.3) is 0 Å². The minimum absolute atomic E-state index is 0.303. The van der Waals surface area contributed by atoms with Crippen molar-refractivity contribution < 1.29 is 9.53 Å². The monoisotopic (exact) mass is 175 g/mol. The highest BCUT2D eigenvalue weighted by Crippen LogP contribution is 2.22. The van der Waals surface area contributed by atoms with Crippen molar-refractivity contribution in [1.29, 1.82) is 5.26 Å². The molecule has 0 saturated heterocycles. The van der Waals surface area contributed by atoms with Gasteiger partial charge in [0.2, 0.25) is 0 Å². The van der Waals surface area contributed by atoms with Gasteiger partial charge in [-0.3, -0.25) is 4.79 Å². The van der Waals surface area contributed by atoms with Crippen LogP contribution in [0.2, 0.25) is 0 Å². The number of aldehydes is 1. The van der Waals surface area contributed by atoms with Gasteiger partial charge in [-0.25, -0.2) is 0 Å². The van der Waals surface area contributed by atoms with Crippen molar-refractivity contribution in [3.8, 4) is 11.8 Å². The van der Waals surface area contributed by atoms with Crippen LogP contribution in [0.15, 0.2) is 12.1 Å². The summed E-state index contributed by atoms with van der Waals surface area (Å²) in [5.74, 6) is 0.440. The minimum Gasteiger partial charge on any atom is -0.495 e. The van der Waals surface area contributed by atoms with Crippen LogP contribution in [0.1, 0.15) is 21.5 Å². The minimum atomic E-state index is 0.303. The van der Waals surface area contributed by atoms with Crippen LogP contribution in [0.5, 0.6) is 5.75 Å². The molecule has 0 amide bonds. The molecule has 0 atom stereocenters. The second-order valence-corrected chi connectivity index (χ2v) is 2.60. The van der Waals surface area contributed by atoms with Crippen LogP contribution >= 0.6 is 0 Å². The van der Waals surface area contributed by atoms with Crippen LogP contribution in [-0.4, -0.2) is 13.4 Å². The number of hydrogen-bond acceptors (Lipinski definition) is 3. The first-order chi connectivity index (χ1) is 6.24. The van der Waals surface area contributed by atoms with E-state index < -0.39 is 0 Å². The van der Waals surface area contributed by atoms with E-state index in [1.54, 1.807) is 19.1 Å². The van der Waals surface area contributed by atoms with E-state index in [0.717, 1.165) is 5.56 Å². The molecule has 3 heteroatoms. The summed E-state index contributed by atoms with van der Waals surface area (Å²) in [5, 5.41) is 8.80. The Hall–Kier alpha value is -1.82. The molecule has 0 spiro atoms. The van der Waals surface area contributed by atoms with E-state index in [1.165, 1.54) is 7.11 Å². The number of benzene rings is 1. The number of carbonyl (C=O) groups excluding carboxylic acids is 1. The largest absolute Gasteiger partial charge is 0.495 e. The first-order valence-electron chi connectivity index (χ1n) is 3.77. The smallest absolute Gasteiger partial charge is 0.151 e. The number of aryl methyl sites for hydroxylation is 1. The molecule has 0 saturated carbocycles. The molecule has 0 aliphatic rings. The normalized spacial score (nSPS) is 9.00. The number of hydrogen-bond donors (Lipinski definition) is 0. The van der Waals surface area contributed by atoms with Crippen molar-refractivity contribution >= 4 is 6.29 Å². The highest BCUT2D eigenvalue weighted by atomic mass is 16.5. The summed E-state index contributed by atoms with van der Waals surface area (Å²) in [6, 6.07) is 5.39. The van der Waals surface area contributed by atoms with Crippen molar-refractivity contribution in [1.82, 2.24) is 0 Å². The Kier molecular flexibility index (Phi) is 2.65. The lowest BCUT2D eigenvalue weighted by atomic mass is 10.0. The second kappa shape index (κ2) is 3.72. The molecular weight excluding hydrogens is 166 g/mol. The number of carbonyl (C=O) groups is 1. The SMILES string of the molecule is COc1ccc(C)c(C=O)c1C#N. The summed E-state index contributed by atoms with van der Waals surface area (Å²) in [5.41, 5.74) is 1.49. The third-order valence-corrected chi connectivity index (χ3v) is 1.87. The fourth-order valence-corrected chi connectivity index (χ4v) is 1.14. The average Bonchev–Trinajstić information content (AvgIpc) is 2.17. The van der Waals surface area contributed by atoms with Gasteiger partial charge in [-0.05, 0) is 18.6 Å². The number of ether oxygens (including phenoxy) is 1. The number of rotatable bonds is 2. The maximum absolute atomic E-state index is 10.7. The first kappa shape index (κ1) is 9.27. The zero-order valence-electron chi connectivity index (χ0n) is 7.50. The molecule has 0 radical (unpaired) electrons. The lowest BCUT2D eigenvalue weighted by Crippen LogP contribution is -1.96. The molecule has 0 aliphatic carbocycles. The van der Waals surface area contributed by atoms with E-state index in [4.69, 9.17) is 10.00 Å². The van der Waals surface area contributed by atoms with Crippen molar-refractivity contribution in [3.63, 3.8) is 0 Å². The molecule has 1 aromatic carbocycles. The van der Waals surface area contributed by atoms with Gasteiger partial charge in [-0.2, -0.15) is 5.26 Å². The second-order valence-electron chi connectivity index (χ2n) is 2.60. The maximum Gasteiger partial charge on any atom is 0.151 e. The Labute approximate surface area is 76.6 Å². The Bertz CT molecular complexity index is 377. The summed E-state index contributed by atoms with van der Waals surface area (Å²) in [6.45, 7) is 1.78. The van der Waals surface area contributed by atoms with Crippen LogP contribution in [0.3, 0.4) is 0 Å². The van der Waals surface area contributed by atoms with E-state index in [-0.39, 0.29) is 0 Å². The Morgan fingerprint density at radius 2 is 2.23 bits per heavy atom. The molecule has 3 nitrogen and oxygen atoms in total. The van der Waals surface area contributed by atoms with Gasteiger partial charge in [0.1, 0.15) is 17.4 Å². The van der Waals surface area contributed by atoms with Crippen LogP contribution in [0, 0.1) is 18.3 Å². The summed E-state index contributed by atoms with van der Waals surface area (Å²) >= 11 is 0. The molecule has 13 heavy (non-hydrogen) atoms. The zero-order valence-corrected chi connectivity index (χ0v) is 7.50. The Morgan fingerprint density at radius 1 is 1.54 bits per heavy atom. The average molecular weight is 175 g/mol. The van der Waals surface area contributed by atoms with E-state index >= 15 is 0 Å². The molecule has 0 aromatic heterocycles. The van der Waals surface area contributed by atoms with Gasteiger partial charge in [0.05, 0.1) is 7.11 Å². The molecular formula is C10H9NO2. The molecule has 0 N–H and O–H groups in total. The summed E-state index contributed by atoms with van der Waals surface area (Å²) in [7, 11) is 1.47. The van der Waals surface area contributed by atoms with Crippen molar-refractivity contribution in [2.24, 2.45) is 0 Å². The predicted molar refractivity (Wildman–Crippen MR) is 47.8 cm³/mol. The third-order valence-electron chi connectivity index (χ3n) is 1.87. The standard InChI is InChI=1S/C10H9NO2/c1-7-3-4-10(13-2)8(5-11)9(7)6-12/h3-4,6H,1-2H3. The lowest BCUT2D eigenvalue weighted by molar-refractivity contribution is 0.112. The predicted octanol–water partition coefficient (Wildman–Crippen LogP) is 1.69. The summed E-state index contributed by atoms with van der Waals surface area (Å²) < 4.78 is 4.95. The van der Waals surface area contributed by atoms with E-state index in [9.17, 15) is 4.79 Å². The first-order valence-corrected chi connectivity index (χ1v) is 3.77. The van der Waals surface area contributed by atoms with Gasteiger partial charge in [0.15, 0.2) is 6.29 Å². The fourth-order valence-electron chi connectivity index (χ4n) is 1.14. The number of nitrogens with zero attached hydrogens (tertiary/aromatic N) is 1. The summed E-state index contributed by atoms with van der Waals surface area (Å²) in [4.78, 5) is 10.7. The van der Waals surface area contributed by atoms with Crippen molar-refractivity contribution in [2.45, 2.75) is 6.92 Å². The van der Waals surface area contributed by atoms with Gasteiger partial charge < -0.3 is 4.74 Å². The molecule has 1 aromatic rings. The molecule has 0 unspecified atom stereocenters. The van der Waals surface area contributed by atoms with Crippen LogP contribution in [0.25, 0.3) is 0 Å². The molecule has 0 fully saturated rings. The van der Waals surface area contributed by atoms with E-state index in [2.05, 4.69) is 0 Å². The zero-order chi connectivity index (χ0) is 9.84. The van der Waals surface area contributed by atoms with Crippen LogP contribution < -0.4 is 4.74 Å². The Morgan fingerprint density at radius 3 is 2.69 bits per heavy atom. The fraction of sp³-hybridized carbons (Fsp3) is 0.200. The van der Waals surface area contributed by atoms with Gasteiger partial charge in [-0.15, -0.1) is 0 Å². The number of nitriles is 1. The van der Waals surface area contributed by atoms with Crippen LogP contribution in [-0.2, 0) is 0 Å². The Balaban J connectivity index is 3.47. The quantitative estimate of drug-likeness (QED) is 0.642. The third kappa shape index (κ3) is 1.52. The molecule has 66 valence electrons. The van der Waals surface area contributed by atoms with E-state index in [1.807, 2.05) is 6.07 Å². The van der Waals surface area contributed by atoms with Gasteiger partial charge >= 0.3 is 0 Å². The lowest BCUT2D eigenvalue weighted by Gasteiger charge is -2.06. The highest BCUT2D eigenvalue weighted by Gasteiger charge is 2.09. The van der Waals surface area contributed by atoms with Crippen LogP contribution in [0.4, 0.5) is 0 Å². The van der Waals surface area contributed by atoms with Crippen molar-refractivity contribution in [2.75, 3.05) is 7.11 Å². The topological polar surface area (TPSA) is 50.1 Å². The number of methoxy groups -OCH3 is 1. The molecule has 1 rings (SSSR count). The highest BCUT2D eigenvalue weighted by molar-refractivity contribution is 5.83. The van der Waals surface area contributed by atoms with E-state index in [0.29, 0.717) is 23.2 Å². The maximum atomic E-state index is 10.7.